The van der Waals surface area contributed by atoms with Crippen LogP contribution in [0.1, 0.15) is 129 Å². The maximum atomic E-state index is 13.9. The normalized spacial score (nSPS) is 11.8. The van der Waals surface area contributed by atoms with Crippen LogP contribution in [-0.4, -0.2) is 187 Å². The van der Waals surface area contributed by atoms with Gasteiger partial charge in [-0.05, 0) is 246 Å². The van der Waals surface area contributed by atoms with Crippen molar-refractivity contribution in [2.75, 3.05) is 116 Å². The van der Waals surface area contributed by atoms with Crippen molar-refractivity contribution in [3.63, 3.8) is 0 Å². The molecule has 1 aliphatic heterocycles. The highest BCUT2D eigenvalue weighted by Crippen LogP contribution is 2.34. The fourth-order valence-corrected chi connectivity index (χ4v) is 17.9. The van der Waals surface area contributed by atoms with E-state index in [4.69, 9.17) is 38.6 Å². The molecule has 0 bridgehead atoms. The molecule has 1 fully saturated rings. The lowest BCUT2D eigenvalue weighted by molar-refractivity contribution is 0.191. The standard InChI is InChI=1S/C27H29FN6O.C27H27FN6O.C22H24BrN5O.C16H13BrIN5.C7H14O.C6H6FN.C4H8O/c2*1-18(6-5-11-35-2)25-16-32-27-26(30-10-9-19-14-31-23-8-4-3-7-22(19)23)33-24(17-34(25)27)20-12-21(28)15-29-13-20;1-15(6-5-11-29-2)19-13-26-22-21(27-20(23)14-28(19)22)24-10-9-16-12-25-18-8-4-3-7-17(16)18;17-13-9-23-14(18)8-21-16(23)15(22-13)19-6-5-10-7-20-12-4-2-1-3-11(10)12;1-7(2)5-4-6-8-3;1-5-2-6(7)4-8-3-5;1-2-4-5-3-1/h3-4,7-8,12-18,31H,5-6,9-11H2,1-2H3,(H,30,33);3-4,7-8,12-17,31H,1,5-6,9-11H2,2H3,(H,30,33);3-4,7-8,12-14,25H,1,5-6,9-11H2,2H3,(H,24,27);1-4,7-9,20H,5-6H2,(H,19,22);1,4-6H2,2-3H3;2-4H,1H3;1-4H2. The average Bonchev–Trinajstić information content (AvgIpc) is 1.64. The number of anilines is 4. The Morgan fingerprint density at radius 3 is 1.19 bits per heavy atom. The van der Waals surface area contributed by atoms with Crippen LogP contribution in [0.4, 0.5) is 36.4 Å². The number of hydrogen-bond acceptors (Lipinski definition) is 20. The number of fused-ring (bicyclic) bond motifs is 8. The molecule has 1 atom stereocenters. The maximum absolute atomic E-state index is 13.9. The summed E-state index contributed by atoms with van der Waals surface area (Å²) in [5, 5.41) is 18.7. The van der Waals surface area contributed by atoms with Crippen molar-refractivity contribution in [2.45, 2.75) is 117 Å². The van der Waals surface area contributed by atoms with Crippen molar-refractivity contribution in [1.29, 1.82) is 0 Å². The first kappa shape index (κ1) is 105. The maximum Gasteiger partial charge on any atom is 0.181 e. The van der Waals surface area contributed by atoms with Gasteiger partial charge in [0.05, 0.1) is 60.0 Å². The Balaban J connectivity index is 0.000000142. The van der Waals surface area contributed by atoms with Gasteiger partial charge in [-0.1, -0.05) is 98.5 Å². The van der Waals surface area contributed by atoms with E-state index in [1.807, 2.05) is 106 Å². The van der Waals surface area contributed by atoms with Crippen LogP contribution in [0.3, 0.4) is 0 Å². The second kappa shape index (κ2) is 53.7. The molecule has 1 unspecified atom stereocenters. The number of aromatic nitrogens is 19. The Hall–Kier alpha value is -13.3. The van der Waals surface area contributed by atoms with E-state index in [9.17, 15) is 13.2 Å². The number of H-pyrrole nitrogens is 4. The summed E-state index contributed by atoms with van der Waals surface area (Å²) in [6, 6.07) is 37.6. The molecule has 0 saturated carbocycles. The number of pyridine rings is 3. The number of imidazole rings is 4. The minimum absolute atomic E-state index is 0.273. The third-order valence-electron chi connectivity index (χ3n) is 23.8. The summed E-state index contributed by atoms with van der Waals surface area (Å²) in [5.74, 6) is 2.05. The van der Waals surface area contributed by atoms with Crippen LogP contribution in [0, 0.1) is 28.1 Å². The van der Waals surface area contributed by atoms with E-state index in [-0.39, 0.29) is 11.7 Å². The summed E-state index contributed by atoms with van der Waals surface area (Å²) in [7, 11) is 6.85. The molecule has 0 spiro atoms. The number of rotatable bonds is 37. The highest BCUT2D eigenvalue weighted by atomic mass is 127. The molecular formula is C109H121Br2F3IN23O5. The van der Waals surface area contributed by atoms with Gasteiger partial charge in [0.15, 0.2) is 45.9 Å². The lowest BCUT2D eigenvalue weighted by atomic mass is 10.0. The number of benzene rings is 4. The molecule has 4 aromatic carbocycles. The molecule has 0 radical (unpaired) electrons. The fourth-order valence-electron chi connectivity index (χ4n) is 16.6. The molecule has 1 saturated heterocycles. The number of para-hydroxylation sites is 4. The lowest BCUT2D eigenvalue weighted by Gasteiger charge is -2.14. The summed E-state index contributed by atoms with van der Waals surface area (Å²) in [4.78, 5) is 62.0. The molecular weight excluding hydrogens is 2060 g/mol. The molecule has 28 nitrogen and oxygen atoms in total. The second-order valence-electron chi connectivity index (χ2n) is 34.5. The van der Waals surface area contributed by atoms with Gasteiger partial charge in [0, 0.05) is 229 Å². The zero-order chi connectivity index (χ0) is 100. The van der Waals surface area contributed by atoms with Crippen LogP contribution in [0.5, 0.6) is 0 Å². The predicted octanol–water partition coefficient (Wildman–Crippen LogP) is 24.7. The molecule has 0 aliphatic carbocycles. The van der Waals surface area contributed by atoms with Gasteiger partial charge in [-0.3, -0.25) is 32.6 Å². The van der Waals surface area contributed by atoms with Gasteiger partial charge in [-0.25, -0.2) is 53.0 Å². The molecule has 34 heteroatoms. The summed E-state index contributed by atoms with van der Waals surface area (Å²) in [6.45, 7) is 26.1. The number of allylic oxidation sites excluding steroid dienone is 3. The van der Waals surface area contributed by atoms with Crippen molar-refractivity contribution >= 4 is 155 Å². The minimum Gasteiger partial charge on any atom is -0.385 e. The van der Waals surface area contributed by atoms with Gasteiger partial charge in [0.2, 0.25) is 0 Å². The Morgan fingerprint density at radius 1 is 0.441 bits per heavy atom. The number of aryl methyl sites for hydroxylation is 1. The molecule has 143 heavy (non-hydrogen) atoms. The number of halogens is 6. The van der Waals surface area contributed by atoms with Crippen LogP contribution in [0.2, 0.25) is 0 Å². The highest BCUT2D eigenvalue weighted by Gasteiger charge is 2.22. The van der Waals surface area contributed by atoms with E-state index in [0.717, 1.165) is 215 Å². The van der Waals surface area contributed by atoms with Crippen molar-refractivity contribution < 1.29 is 36.9 Å². The molecule has 19 aromatic rings. The fraction of sp³-hybridized carbons (Fsp3) is 0.294. The van der Waals surface area contributed by atoms with Gasteiger partial charge in [-0.15, -0.1) is 6.58 Å². The van der Waals surface area contributed by atoms with E-state index in [2.05, 4.69) is 252 Å². The largest absolute Gasteiger partial charge is 0.385 e. The first-order valence-corrected chi connectivity index (χ1v) is 50.4. The summed E-state index contributed by atoms with van der Waals surface area (Å²) in [6.07, 6.45) is 45.3. The van der Waals surface area contributed by atoms with E-state index < -0.39 is 11.6 Å². The average molecular weight is 2180 g/mol. The highest BCUT2D eigenvalue weighted by molar-refractivity contribution is 14.1. The van der Waals surface area contributed by atoms with E-state index in [1.165, 1.54) is 105 Å². The molecule has 8 N–H and O–H groups in total. The Kier molecular flexibility index (Phi) is 39.6. The summed E-state index contributed by atoms with van der Waals surface area (Å²) < 4.78 is 76.0. The van der Waals surface area contributed by atoms with Crippen LogP contribution in [0.25, 0.3) is 99.9 Å². The zero-order valence-corrected chi connectivity index (χ0v) is 86.9. The van der Waals surface area contributed by atoms with Crippen LogP contribution >= 0.6 is 54.5 Å². The zero-order valence-electron chi connectivity index (χ0n) is 81.5. The summed E-state index contributed by atoms with van der Waals surface area (Å²) in [5.41, 5.74) is 22.3. The topological polar surface area (TPSA) is 317 Å². The molecule has 1 aliphatic rings. The number of nitrogens with zero attached hydrogens (tertiary/aromatic N) is 15. The predicted molar refractivity (Wildman–Crippen MR) is 583 cm³/mol. The monoisotopic (exact) mass is 2170 g/mol. The molecule has 20 rings (SSSR count). The second-order valence-corrected chi connectivity index (χ2v) is 37.2. The Bertz CT molecular complexity index is 7360. The van der Waals surface area contributed by atoms with Gasteiger partial charge in [0.25, 0.3) is 0 Å². The van der Waals surface area contributed by atoms with Gasteiger partial charge in [-0.2, -0.15) is 0 Å². The number of hydrogen-bond donors (Lipinski definition) is 8. The molecule has 15 aromatic heterocycles. The van der Waals surface area contributed by atoms with Gasteiger partial charge >= 0.3 is 0 Å². The first-order valence-electron chi connectivity index (χ1n) is 47.7. The first-order chi connectivity index (χ1) is 69.7. The van der Waals surface area contributed by atoms with E-state index in [0.29, 0.717) is 59.5 Å². The van der Waals surface area contributed by atoms with Crippen LogP contribution in [-0.2, 0) is 49.4 Å². The minimum atomic E-state index is -0.409. The number of nitrogens with one attached hydrogen (secondary N) is 8. The smallest absolute Gasteiger partial charge is 0.181 e. The molecule has 0 amide bonds. The Morgan fingerprint density at radius 2 is 0.797 bits per heavy atom. The lowest BCUT2D eigenvalue weighted by Crippen LogP contribution is -2.10. The quantitative estimate of drug-likeness (QED) is 0.0102. The van der Waals surface area contributed by atoms with Crippen molar-refractivity contribution in [3.05, 3.63) is 327 Å². The van der Waals surface area contributed by atoms with Crippen LogP contribution in [0.15, 0.2) is 261 Å². The Labute approximate surface area is 860 Å². The van der Waals surface area contributed by atoms with Crippen molar-refractivity contribution in [3.8, 4) is 22.5 Å². The number of ether oxygens (including phenoxy) is 5. The number of methoxy groups -OCH3 is 4. The molecule has 744 valence electrons. The molecule has 16 heterocycles. The third-order valence-corrected chi connectivity index (χ3v) is 25.4. The summed E-state index contributed by atoms with van der Waals surface area (Å²) >= 11 is 9.24. The van der Waals surface area contributed by atoms with Gasteiger partial charge in [0.1, 0.15) is 30.4 Å². The van der Waals surface area contributed by atoms with E-state index >= 15 is 0 Å². The SMILES string of the molecule is Brc1cn2c(I)cnc2c(NCCc2c[nH]c3ccccc23)n1.C1CCOC1.C=C(C)CCCOC.C=C(CCCOC)c1cnc2c(NCCc3c[nH]c4ccccc34)nc(-c3cncc(F)c3)cn12.C=C(CCCOC)c1cnc2c(NCCc3c[nH]c4ccccc34)nc(Br)cn12.COCCCC(C)c1cnc2c(NCCc3c[nH]c4ccccc34)nc(-c3cncc(F)c3)cn12.Cc1cncc(F)c1. The van der Waals surface area contributed by atoms with E-state index in [1.54, 1.807) is 54.0 Å². The third kappa shape index (κ3) is 29.3. The van der Waals surface area contributed by atoms with Gasteiger partial charge < -0.3 is 64.9 Å². The number of aromatic amines is 4. The van der Waals surface area contributed by atoms with Crippen molar-refractivity contribution in [1.82, 2.24) is 92.4 Å². The van der Waals surface area contributed by atoms with Crippen molar-refractivity contribution in [2.24, 2.45) is 0 Å². The van der Waals surface area contributed by atoms with Crippen LogP contribution < -0.4 is 21.3 Å².